The lowest BCUT2D eigenvalue weighted by molar-refractivity contribution is 0.100. The molecule has 0 saturated carbocycles. The third-order valence-electron chi connectivity index (χ3n) is 3.19. The Kier molecular flexibility index (Phi) is 5.33. The third kappa shape index (κ3) is 4.29. The summed E-state index contributed by atoms with van der Waals surface area (Å²) in [5.41, 5.74) is 8.53. The van der Waals surface area contributed by atoms with E-state index in [9.17, 15) is 4.79 Å². The van der Waals surface area contributed by atoms with E-state index >= 15 is 0 Å². The molecule has 0 spiro atoms. The first-order chi connectivity index (χ1) is 10.1. The number of amides is 1. The first kappa shape index (κ1) is 15.5. The second-order valence-corrected chi connectivity index (χ2v) is 5.16. The largest absolute Gasteiger partial charge is 0.392 e. The van der Waals surface area contributed by atoms with Gasteiger partial charge in [-0.25, -0.2) is 0 Å². The van der Waals surface area contributed by atoms with Gasteiger partial charge in [0.1, 0.15) is 0 Å². The van der Waals surface area contributed by atoms with E-state index in [0.717, 1.165) is 16.7 Å². The molecule has 1 amide bonds. The molecule has 0 heterocycles. The normalized spacial score (nSPS) is 10.6. The number of halogens is 1. The van der Waals surface area contributed by atoms with Crippen molar-refractivity contribution in [1.29, 1.82) is 0 Å². The van der Waals surface area contributed by atoms with Crippen LogP contribution < -0.4 is 11.1 Å². The number of aliphatic hydroxyl groups excluding tert-OH is 1. The van der Waals surface area contributed by atoms with E-state index in [2.05, 4.69) is 5.32 Å². The quantitative estimate of drug-likeness (QED) is 0.766. The number of benzene rings is 2. The van der Waals surface area contributed by atoms with E-state index in [-0.39, 0.29) is 6.61 Å². The van der Waals surface area contributed by atoms with Crippen LogP contribution in [-0.2, 0) is 19.7 Å². The molecule has 0 atom stereocenters. The molecule has 0 aromatic heterocycles. The van der Waals surface area contributed by atoms with Gasteiger partial charge in [-0.15, -0.1) is 0 Å². The fourth-order valence-corrected chi connectivity index (χ4v) is 2.20. The third-order valence-corrected chi connectivity index (χ3v) is 3.54. The van der Waals surface area contributed by atoms with Gasteiger partial charge in [-0.3, -0.25) is 4.79 Å². The van der Waals surface area contributed by atoms with Crippen LogP contribution in [0.4, 0.5) is 0 Å². The van der Waals surface area contributed by atoms with Gasteiger partial charge in [0.2, 0.25) is 5.91 Å². The topological polar surface area (TPSA) is 75.4 Å². The van der Waals surface area contributed by atoms with Gasteiger partial charge >= 0.3 is 0 Å². The number of hydrogen-bond acceptors (Lipinski definition) is 3. The number of carbonyl (C=O) groups is 1. The predicted octanol–water partition coefficient (Wildman–Crippen LogP) is 2.22. The minimum absolute atomic E-state index is 0.0511. The van der Waals surface area contributed by atoms with Crippen LogP contribution in [-0.4, -0.2) is 11.0 Å². The van der Waals surface area contributed by atoms with Gasteiger partial charge in [-0.2, -0.15) is 0 Å². The monoisotopic (exact) mass is 304 g/mol. The fraction of sp³-hybridized carbons (Fsp3) is 0.188. The predicted molar refractivity (Wildman–Crippen MR) is 82.9 cm³/mol. The van der Waals surface area contributed by atoms with Crippen LogP contribution in [0.3, 0.4) is 0 Å². The Hall–Kier alpha value is -1.88. The average molecular weight is 305 g/mol. The highest BCUT2D eigenvalue weighted by Gasteiger charge is 2.05. The van der Waals surface area contributed by atoms with Crippen molar-refractivity contribution in [2.45, 2.75) is 19.7 Å². The van der Waals surface area contributed by atoms with E-state index in [4.69, 9.17) is 22.4 Å². The van der Waals surface area contributed by atoms with Crippen molar-refractivity contribution in [3.05, 3.63) is 69.7 Å². The van der Waals surface area contributed by atoms with E-state index in [1.807, 2.05) is 24.3 Å². The number of hydrogen-bond donors (Lipinski definition) is 3. The lowest BCUT2D eigenvalue weighted by Crippen LogP contribution is -2.14. The maximum absolute atomic E-state index is 11.0. The van der Waals surface area contributed by atoms with Crippen LogP contribution in [0.15, 0.2) is 42.5 Å². The van der Waals surface area contributed by atoms with E-state index in [0.29, 0.717) is 23.7 Å². The maximum atomic E-state index is 11.0. The summed E-state index contributed by atoms with van der Waals surface area (Å²) < 4.78 is 0. The van der Waals surface area contributed by atoms with Crippen molar-refractivity contribution in [1.82, 2.24) is 5.32 Å². The summed E-state index contributed by atoms with van der Waals surface area (Å²) in [4.78, 5) is 11.0. The Labute approximate surface area is 128 Å². The molecule has 0 aliphatic rings. The Bertz CT molecular complexity index is 627. The Morgan fingerprint density at radius 1 is 1.10 bits per heavy atom. The number of aliphatic hydroxyl groups is 1. The molecule has 0 aliphatic heterocycles. The van der Waals surface area contributed by atoms with Crippen LogP contribution in [0.2, 0.25) is 5.02 Å². The first-order valence-corrected chi connectivity index (χ1v) is 6.95. The molecule has 0 fully saturated rings. The van der Waals surface area contributed by atoms with Crippen molar-refractivity contribution in [3.8, 4) is 0 Å². The molecule has 21 heavy (non-hydrogen) atoms. The van der Waals surface area contributed by atoms with Crippen molar-refractivity contribution in [3.63, 3.8) is 0 Å². The molecule has 2 aromatic rings. The van der Waals surface area contributed by atoms with Crippen molar-refractivity contribution in [2.24, 2.45) is 5.73 Å². The number of nitrogens with two attached hydrogens (primary N) is 1. The highest BCUT2D eigenvalue weighted by Crippen LogP contribution is 2.17. The van der Waals surface area contributed by atoms with Crippen LogP contribution in [0.1, 0.15) is 27.0 Å². The summed E-state index contributed by atoms with van der Waals surface area (Å²) in [7, 11) is 0. The molecule has 2 aromatic carbocycles. The van der Waals surface area contributed by atoms with Gasteiger partial charge in [0.25, 0.3) is 0 Å². The number of primary amides is 1. The summed E-state index contributed by atoms with van der Waals surface area (Å²) >= 11 is 6.12. The van der Waals surface area contributed by atoms with Gasteiger partial charge in [-0.05, 0) is 28.8 Å². The Balaban J connectivity index is 1.92. The molecule has 4 nitrogen and oxygen atoms in total. The molecule has 110 valence electrons. The van der Waals surface area contributed by atoms with Crippen LogP contribution in [0.5, 0.6) is 0 Å². The Morgan fingerprint density at radius 3 is 2.33 bits per heavy atom. The zero-order chi connectivity index (χ0) is 15.2. The zero-order valence-corrected chi connectivity index (χ0v) is 12.2. The summed E-state index contributed by atoms with van der Waals surface area (Å²) in [6.45, 7) is 1.34. The summed E-state index contributed by atoms with van der Waals surface area (Å²) in [6.07, 6.45) is 0. The summed E-state index contributed by atoms with van der Waals surface area (Å²) in [5, 5.41) is 12.8. The molecule has 4 N–H and O–H groups in total. The van der Waals surface area contributed by atoms with Crippen LogP contribution in [0.25, 0.3) is 0 Å². The van der Waals surface area contributed by atoms with E-state index in [1.54, 1.807) is 18.2 Å². The van der Waals surface area contributed by atoms with E-state index in [1.165, 1.54) is 0 Å². The van der Waals surface area contributed by atoms with Crippen molar-refractivity contribution >= 4 is 17.5 Å². The lowest BCUT2D eigenvalue weighted by Gasteiger charge is -2.08. The van der Waals surface area contributed by atoms with Gasteiger partial charge in [0, 0.05) is 23.7 Å². The molecule has 0 bridgehead atoms. The highest BCUT2D eigenvalue weighted by atomic mass is 35.5. The molecule has 2 rings (SSSR count). The summed E-state index contributed by atoms with van der Waals surface area (Å²) in [6, 6.07) is 12.8. The molecule has 5 heteroatoms. The van der Waals surface area contributed by atoms with Gasteiger partial charge in [-0.1, -0.05) is 41.9 Å². The summed E-state index contributed by atoms with van der Waals surface area (Å²) in [5.74, 6) is -0.486. The smallest absolute Gasteiger partial charge is 0.248 e. The molecule has 0 aliphatic carbocycles. The van der Waals surface area contributed by atoms with Gasteiger partial charge < -0.3 is 16.2 Å². The second-order valence-electron chi connectivity index (χ2n) is 4.75. The van der Waals surface area contributed by atoms with Crippen molar-refractivity contribution < 1.29 is 9.90 Å². The van der Waals surface area contributed by atoms with Gasteiger partial charge in [0.15, 0.2) is 0 Å². The lowest BCUT2D eigenvalue weighted by atomic mass is 10.1. The molecular formula is C16H17ClN2O2. The maximum Gasteiger partial charge on any atom is 0.248 e. The highest BCUT2D eigenvalue weighted by molar-refractivity contribution is 6.31. The van der Waals surface area contributed by atoms with Crippen LogP contribution in [0, 0.1) is 0 Å². The average Bonchev–Trinajstić information content (AvgIpc) is 2.49. The molecule has 0 unspecified atom stereocenters. The van der Waals surface area contributed by atoms with Crippen LogP contribution >= 0.6 is 11.6 Å². The Morgan fingerprint density at radius 2 is 1.76 bits per heavy atom. The standard InChI is InChI=1S/C16H17ClN2O2/c17-15-7-13(16(18)21)5-6-14(15)9-19-8-11-1-3-12(10-20)4-2-11/h1-7,19-20H,8-10H2,(H2,18,21). The minimum Gasteiger partial charge on any atom is -0.392 e. The minimum atomic E-state index is -0.486. The van der Waals surface area contributed by atoms with Gasteiger partial charge in [0.05, 0.1) is 6.61 Å². The first-order valence-electron chi connectivity index (χ1n) is 6.58. The molecule has 0 radical (unpaired) electrons. The molecule has 0 saturated heterocycles. The number of nitrogens with one attached hydrogen (secondary N) is 1. The zero-order valence-electron chi connectivity index (χ0n) is 11.5. The number of carbonyl (C=O) groups excluding carboxylic acids is 1. The SMILES string of the molecule is NC(=O)c1ccc(CNCc2ccc(CO)cc2)c(Cl)c1. The van der Waals surface area contributed by atoms with Crippen molar-refractivity contribution in [2.75, 3.05) is 0 Å². The molecular weight excluding hydrogens is 288 g/mol. The number of rotatable bonds is 6. The second kappa shape index (κ2) is 7.22. The van der Waals surface area contributed by atoms with E-state index < -0.39 is 5.91 Å². The fourth-order valence-electron chi connectivity index (χ4n) is 1.95.